The van der Waals surface area contributed by atoms with Gasteiger partial charge in [0, 0.05) is 19.6 Å². The maximum atomic E-state index is 11.8. The summed E-state index contributed by atoms with van der Waals surface area (Å²) in [6.07, 6.45) is 0. The Balaban J connectivity index is 2.04. The van der Waals surface area contributed by atoms with Crippen LogP contribution in [-0.2, 0) is 16.1 Å². The predicted octanol–water partition coefficient (Wildman–Crippen LogP) is 2.32. The molecular formula is C15H21NO2. The number of carbonyl (C=O) groups excluding carboxylic acids is 1. The molecule has 1 heterocycles. The monoisotopic (exact) mass is 247 g/mol. The second kappa shape index (κ2) is 5.11. The third-order valence-corrected chi connectivity index (χ3v) is 3.75. The smallest absolute Gasteiger partial charge is 0.310 e. The third kappa shape index (κ3) is 2.72. The van der Waals surface area contributed by atoms with Gasteiger partial charge in [-0.3, -0.25) is 9.69 Å². The number of carbonyl (C=O) groups is 1. The van der Waals surface area contributed by atoms with Crippen molar-refractivity contribution in [2.75, 3.05) is 20.2 Å². The lowest BCUT2D eigenvalue weighted by atomic mass is 9.82. The zero-order chi connectivity index (χ0) is 13.2. The number of esters is 1. The van der Waals surface area contributed by atoms with Crippen molar-refractivity contribution in [2.24, 2.45) is 11.3 Å². The van der Waals surface area contributed by atoms with Gasteiger partial charge in [-0.05, 0) is 11.0 Å². The van der Waals surface area contributed by atoms with Gasteiger partial charge < -0.3 is 4.74 Å². The fraction of sp³-hybridized carbons (Fsp3) is 0.533. The average Bonchev–Trinajstić information content (AvgIpc) is 2.64. The lowest BCUT2D eigenvalue weighted by molar-refractivity contribution is -0.147. The first-order chi connectivity index (χ1) is 8.53. The molecule has 1 fully saturated rings. The molecule has 0 saturated carbocycles. The van der Waals surface area contributed by atoms with Crippen LogP contribution in [-0.4, -0.2) is 31.1 Å². The predicted molar refractivity (Wildman–Crippen MR) is 71.0 cm³/mol. The summed E-state index contributed by atoms with van der Waals surface area (Å²) in [6, 6.07) is 10.4. The van der Waals surface area contributed by atoms with E-state index in [0.29, 0.717) is 0 Å². The van der Waals surface area contributed by atoms with Crippen LogP contribution in [0.15, 0.2) is 30.3 Å². The summed E-state index contributed by atoms with van der Waals surface area (Å²) < 4.78 is 4.90. The van der Waals surface area contributed by atoms with Crippen LogP contribution in [0.5, 0.6) is 0 Å². The molecule has 0 aliphatic carbocycles. The lowest BCUT2D eigenvalue weighted by Crippen LogP contribution is -2.30. The van der Waals surface area contributed by atoms with Crippen molar-refractivity contribution in [1.82, 2.24) is 4.90 Å². The zero-order valence-electron chi connectivity index (χ0n) is 11.3. The van der Waals surface area contributed by atoms with E-state index in [1.54, 1.807) is 0 Å². The highest BCUT2D eigenvalue weighted by Crippen LogP contribution is 2.36. The summed E-state index contributed by atoms with van der Waals surface area (Å²) in [6.45, 7) is 6.90. The average molecular weight is 247 g/mol. The van der Waals surface area contributed by atoms with Gasteiger partial charge >= 0.3 is 5.97 Å². The lowest BCUT2D eigenvalue weighted by Gasteiger charge is -2.23. The molecule has 18 heavy (non-hydrogen) atoms. The minimum Gasteiger partial charge on any atom is -0.469 e. The quantitative estimate of drug-likeness (QED) is 0.768. The molecule has 0 amide bonds. The summed E-state index contributed by atoms with van der Waals surface area (Å²) >= 11 is 0. The number of hydrogen-bond donors (Lipinski definition) is 0. The Hall–Kier alpha value is -1.35. The summed E-state index contributed by atoms with van der Waals surface area (Å²) in [5.74, 6) is -0.109. The van der Waals surface area contributed by atoms with E-state index in [1.165, 1.54) is 12.7 Å². The van der Waals surface area contributed by atoms with E-state index < -0.39 is 0 Å². The molecule has 2 rings (SSSR count). The van der Waals surface area contributed by atoms with Crippen molar-refractivity contribution in [3.05, 3.63) is 35.9 Å². The van der Waals surface area contributed by atoms with Crippen molar-refractivity contribution < 1.29 is 9.53 Å². The van der Waals surface area contributed by atoms with E-state index in [1.807, 2.05) is 18.2 Å². The van der Waals surface area contributed by atoms with Gasteiger partial charge in [-0.25, -0.2) is 0 Å². The first-order valence-corrected chi connectivity index (χ1v) is 6.37. The molecule has 1 saturated heterocycles. The van der Waals surface area contributed by atoms with Gasteiger partial charge in [-0.15, -0.1) is 0 Å². The van der Waals surface area contributed by atoms with Crippen LogP contribution in [0, 0.1) is 11.3 Å². The van der Waals surface area contributed by atoms with Crippen molar-refractivity contribution in [3.63, 3.8) is 0 Å². The number of nitrogens with zero attached hydrogens (tertiary/aromatic N) is 1. The van der Waals surface area contributed by atoms with E-state index in [9.17, 15) is 4.79 Å². The van der Waals surface area contributed by atoms with Crippen LogP contribution in [0.2, 0.25) is 0 Å². The van der Waals surface area contributed by atoms with E-state index in [-0.39, 0.29) is 17.3 Å². The molecule has 98 valence electrons. The molecule has 1 aliphatic heterocycles. The number of rotatable bonds is 3. The zero-order valence-corrected chi connectivity index (χ0v) is 11.3. The molecule has 1 aromatic carbocycles. The van der Waals surface area contributed by atoms with Crippen LogP contribution in [0.4, 0.5) is 0 Å². The Morgan fingerprint density at radius 3 is 2.67 bits per heavy atom. The van der Waals surface area contributed by atoms with Crippen molar-refractivity contribution >= 4 is 5.97 Å². The molecule has 3 heteroatoms. The van der Waals surface area contributed by atoms with Crippen molar-refractivity contribution in [2.45, 2.75) is 20.4 Å². The second-order valence-electron chi connectivity index (χ2n) is 5.72. The molecule has 0 bridgehead atoms. The Bertz CT molecular complexity index is 414. The SMILES string of the molecule is COC(=O)[C@@H]1CN(Cc2ccccc2)CC1(C)C. The number of benzene rings is 1. The van der Waals surface area contributed by atoms with Gasteiger partial charge in [0.2, 0.25) is 0 Å². The first-order valence-electron chi connectivity index (χ1n) is 6.37. The van der Waals surface area contributed by atoms with Crippen LogP contribution in [0.25, 0.3) is 0 Å². The summed E-state index contributed by atoms with van der Waals surface area (Å²) in [4.78, 5) is 14.1. The molecule has 0 aromatic heterocycles. The van der Waals surface area contributed by atoms with Gasteiger partial charge in [0.1, 0.15) is 0 Å². The maximum Gasteiger partial charge on any atom is 0.310 e. The standard InChI is InChI=1S/C15H21NO2/c1-15(2)11-16(10-13(15)14(17)18-3)9-12-7-5-4-6-8-12/h4-8,13H,9-11H2,1-3H3/t13-/m0/s1. The fourth-order valence-electron chi connectivity index (χ4n) is 2.75. The fourth-order valence-corrected chi connectivity index (χ4v) is 2.75. The van der Waals surface area contributed by atoms with Crippen LogP contribution < -0.4 is 0 Å². The Morgan fingerprint density at radius 1 is 1.39 bits per heavy atom. The van der Waals surface area contributed by atoms with E-state index in [4.69, 9.17) is 4.74 Å². The first kappa shape index (κ1) is 13.1. The second-order valence-corrected chi connectivity index (χ2v) is 5.72. The Morgan fingerprint density at radius 2 is 2.06 bits per heavy atom. The van der Waals surface area contributed by atoms with Gasteiger partial charge in [-0.1, -0.05) is 44.2 Å². The maximum absolute atomic E-state index is 11.8. The summed E-state index contributed by atoms with van der Waals surface area (Å²) in [7, 11) is 1.47. The topological polar surface area (TPSA) is 29.5 Å². The number of likely N-dealkylation sites (tertiary alicyclic amines) is 1. The molecule has 0 unspecified atom stereocenters. The van der Waals surface area contributed by atoms with Crippen LogP contribution in [0.3, 0.4) is 0 Å². The molecule has 0 radical (unpaired) electrons. The summed E-state index contributed by atoms with van der Waals surface area (Å²) in [5.41, 5.74) is 1.28. The molecule has 1 aromatic rings. The normalized spacial score (nSPS) is 22.9. The van der Waals surface area contributed by atoms with Gasteiger partial charge in [0.25, 0.3) is 0 Å². The molecule has 1 aliphatic rings. The number of ether oxygens (including phenoxy) is 1. The minimum absolute atomic E-state index is 0.0120. The molecule has 3 nitrogen and oxygen atoms in total. The van der Waals surface area contributed by atoms with Crippen LogP contribution in [0.1, 0.15) is 19.4 Å². The number of hydrogen-bond acceptors (Lipinski definition) is 3. The van der Waals surface area contributed by atoms with Gasteiger partial charge in [0.15, 0.2) is 0 Å². The Kier molecular flexibility index (Phi) is 3.71. The van der Waals surface area contributed by atoms with E-state index in [2.05, 4.69) is 30.9 Å². The third-order valence-electron chi connectivity index (χ3n) is 3.75. The van der Waals surface area contributed by atoms with Crippen molar-refractivity contribution in [1.29, 1.82) is 0 Å². The molecule has 0 N–H and O–H groups in total. The highest BCUT2D eigenvalue weighted by atomic mass is 16.5. The number of methoxy groups -OCH3 is 1. The van der Waals surface area contributed by atoms with E-state index in [0.717, 1.165) is 19.6 Å². The largest absolute Gasteiger partial charge is 0.469 e. The van der Waals surface area contributed by atoms with Crippen LogP contribution >= 0.6 is 0 Å². The van der Waals surface area contributed by atoms with E-state index >= 15 is 0 Å². The highest BCUT2D eigenvalue weighted by molar-refractivity contribution is 5.74. The summed E-state index contributed by atoms with van der Waals surface area (Å²) in [5, 5.41) is 0. The highest BCUT2D eigenvalue weighted by Gasteiger charge is 2.44. The van der Waals surface area contributed by atoms with Gasteiger partial charge in [0.05, 0.1) is 13.0 Å². The molecular weight excluding hydrogens is 226 g/mol. The minimum atomic E-state index is -0.0874. The Labute approximate surface area is 109 Å². The molecule has 0 spiro atoms. The van der Waals surface area contributed by atoms with Gasteiger partial charge in [-0.2, -0.15) is 0 Å². The van der Waals surface area contributed by atoms with Crippen molar-refractivity contribution in [3.8, 4) is 0 Å². The molecule has 1 atom stereocenters.